The van der Waals surface area contributed by atoms with Gasteiger partial charge in [-0.15, -0.1) is 0 Å². The van der Waals surface area contributed by atoms with Crippen LogP contribution in [0.4, 0.5) is 10.6 Å². The van der Waals surface area contributed by atoms with Crippen LogP contribution in [0.2, 0.25) is 0 Å². The van der Waals surface area contributed by atoms with E-state index in [1.54, 1.807) is 4.90 Å². The Balaban J connectivity index is 0.00000312. The van der Waals surface area contributed by atoms with E-state index >= 15 is 0 Å². The molecule has 1 fully saturated rings. The molecule has 0 saturated carbocycles. The zero-order valence-corrected chi connectivity index (χ0v) is 15.3. The first-order valence-corrected chi connectivity index (χ1v) is 7.99. The summed E-state index contributed by atoms with van der Waals surface area (Å²) in [6.07, 6.45) is 3.12. The first-order chi connectivity index (χ1) is 11.3. The molecule has 25 heavy (non-hydrogen) atoms. The molecular weight excluding hydrogens is 319 g/mol. The number of carboxylic acids is 1. The van der Waals surface area contributed by atoms with Gasteiger partial charge in [-0.3, -0.25) is 4.98 Å². The van der Waals surface area contributed by atoms with E-state index in [-0.39, 0.29) is 31.4 Å². The maximum Gasteiger partial charge on any atom is 1.00 e. The monoisotopic (exact) mass is 342 g/mol. The molecule has 9 heteroatoms. The molecule has 1 aromatic rings. The van der Waals surface area contributed by atoms with E-state index < -0.39 is 11.6 Å². The van der Waals surface area contributed by atoms with Crippen LogP contribution in [0.25, 0.3) is 0 Å². The van der Waals surface area contributed by atoms with Crippen LogP contribution in [-0.2, 0) is 16.0 Å². The molecule has 0 unspecified atom stereocenters. The van der Waals surface area contributed by atoms with Gasteiger partial charge in [0.15, 0.2) is 5.82 Å². The van der Waals surface area contributed by atoms with E-state index in [2.05, 4.69) is 9.97 Å². The third-order valence-corrected chi connectivity index (χ3v) is 3.51. The van der Waals surface area contributed by atoms with Gasteiger partial charge < -0.3 is 24.4 Å². The maximum atomic E-state index is 12.2. The minimum Gasteiger partial charge on any atom is -0.550 e. The van der Waals surface area contributed by atoms with Gasteiger partial charge in [-0.2, -0.15) is 0 Å². The molecule has 2 heterocycles. The predicted octanol–water partition coefficient (Wildman–Crippen LogP) is -2.78. The standard InChI is InChI=1S/C16H24N4O4.Li/c1-16(2,3)24-15(23)20-8-4-7-19(9-10-20)14-12(11-13(21)22)17-5-6-18-14;/h5-6H,4,7-11H2,1-3H3,(H,21,22);/q;+1/p-1. The Morgan fingerprint density at radius 3 is 2.48 bits per heavy atom. The van der Waals surface area contributed by atoms with Crippen LogP contribution in [0.3, 0.4) is 0 Å². The third-order valence-electron chi connectivity index (χ3n) is 3.51. The van der Waals surface area contributed by atoms with Gasteiger partial charge in [-0.25, -0.2) is 9.78 Å². The second-order valence-electron chi connectivity index (χ2n) is 6.68. The fourth-order valence-corrected chi connectivity index (χ4v) is 2.52. The van der Waals surface area contributed by atoms with E-state index in [0.717, 1.165) is 6.42 Å². The molecule has 2 rings (SSSR count). The van der Waals surface area contributed by atoms with Gasteiger partial charge in [0.25, 0.3) is 0 Å². The quantitative estimate of drug-likeness (QED) is 0.548. The molecule has 0 atom stereocenters. The molecule has 1 aromatic heterocycles. The minimum absolute atomic E-state index is 0. The molecule has 8 nitrogen and oxygen atoms in total. The van der Waals surface area contributed by atoms with Crippen molar-refractivity contribution in [1.82, 2.24) is 14.9 Å². The third kappa shape index (κ3) is 6.56. The molecule has 0 bridgehead atoms. The Hall–Kier alpha value is -1.78. The van der Waals surface area contributed by atoms with Crippen molar-refractivity contribution in [3.05, 3.63) is 18.1 Å². The number of nitrogens with zero attached hydrogens (tertiary/aromatic N) is 4. The molecule has 1 amide bonds. The summed E-state index contributed by atoms with van der Waals surface area (Å²) in [5.41, 5.74) is -0.154. The van der Waals surface area contributed by atoms with Gasteiger partial charge in [-0.05, 0) is 27.2 Å². The minimum atomic E-state index is -1.19. The number of hydrogen-bond donors (Lipinski definition) is 0. The number of carbonyl (C=O) groups is 2. The smallest absolute Gasteiger partial charge is 0.550 e. The number of aromatic nitrogens is 2. The van der Waals surface area contributed by atoms with Crippen molar-refractivity contribution in [1.29, 1.82) is 0 Å². The number of hydrogen-bond acceptors (Lipinski definition) is 7. The van der Waals surface area contributed by atoms with Gasteiger partial charge in [0.1, 0.15) is 5.60 Å². The molecular formula is C16H23LiN4O4. The van der Waals surface area contributed by atoms with E-state index in [1.807, 2.05) is 25.7 Å². The van der Waals surface area contributed by atoms with Crippen LogP contribution in [-0.4, -0.2) is 58.7 Å². The average molecular weight is 342 g/mol. The topological polar surface area (TPSA) is 98.7 Å². The second kappa shape index (κ2) is 9.06. The summed E-state index contributed by atoms with van der Waals surface area (Å²) >= 11 is 0. The normalized spacial score (nSPS) is 15.2. The molecule has 1 aliphatic heterocycles. The Morgan fingerprint density at radius 2 is 1.84 bits per heavy atom. The number of aliphatic carboxylic acids is 1. The van der Waals surface area contributed by atoms with Crippen molar-refractivity contribution in [3.63, 3.8) is 0 Å². The summed E-state index contributed by atoms with van der Waals surface area (Å²) in [4.78, 5) is 35.1. The van der Waals surface area contributed by atoms with Crippen molar-refractivity contribution >= 4 is 17.9 Å². The van der Waals surface area contributed by atoms with Gasteiger partial charge in [0.2, 0.25) is 0 Å². The zero-order valence-electron chi connectivity index (χ0n) is 15.3. The fraction of sp³-hybridized carbons (Fsp3) is 0.625. The van der Waals surface area contributed by atoms with Crippen molar-refractivity contribution in [2.24, 2.45) is 0 Å². The number of amides is 1. The molecule has 132 valence electrons. The summed E-state index contributed by atoms with van der Waals surface area (Å²) in [6, 6.07) is 0. The first kappa shape index (κ1) is 21.3. The summed E-state index contributed by atoms with van der Waals surface area (Å²) in [7, 11) is 0. The van der Waals surface area contributed by atoms with Crippen molar-refractivity contribution in [3.8, 4) is 0 Å². The van der Waals surface area contributed by atoms with Crippen LogP contribution in [0.15, 0.2) is 12.4 Å². The predicted molar refractivity (Wildman–Crippen MR) is 85.4 cm³/mol. The van der Waals surface area contributed by atoms with Crippen LogP contribution in [0.1, 0.15) is 32.9 Å². The van der Waals surface area contributed by atoms with Crippen LogP contribution < -0.4 is 28.9 Å². The molecule has 1 saturated heterocycles. The summed E-state index contributed by atoms with van der Waals surface area (Å²) < 4.78 is 5.40. The number of carboxylic acid groups (broad SMARTS) is 1. The van der Waals surface area contributed by atoms with E-state index in [4.69, 9.17) is 4.74 Å². The Kier molecular flexibility index (Phi) is 7.71. The van der Waals surface area contributed by atoms with E-state index in [9.17, 15) is 14.7 Å². The van der Waals surface area contributed by atoms with Crippen LogP contribution in [0, 0.1) is 0 Å². The van der Waals surface area contributed by atoms with E-state index in [1.165, 1.54) is 12.4 Å². The zero-order chi connectivity index (χ0) is 17.7. The SMILES string of the molecule is CC(C)(C)OC(=O)N1CCCN(c2nccnc2CC(=O)[O-])CC1.[Li+]. The van der Waals surface area contributed by atoms with Gasteiger partial charge in [0.05, 0.1) is 5.69 Å². The fourth-order valence-electron chi connectivity index (χ4n) is 2.52. The van der Waals surface area contributed by atoms with Crippen molar-refractivity contribution < 1.29 is 38.3 Å². The van der Waals surface area contributed by atoms with Gasteiger partial charge in [0, 0.05) is 51.0 Å². The Morgan fingerprint density at radius 1 is 1.16 bits per heavy atom. The first-order valence-electron chi connectivity index (χ1n) is 7.99. The Bertz CT molecular complexity index is 606. The second-order valence-corrected chi connectivity index (χ2v) is 6.68. The van der Waals surface area contributed by atoms with Crippen molar-refractivity contribution in [2.75, 3.05) is 31.1 Å². The van der Waals surface area contributed by atoms with Crippen molar-refractivity contribution in [2.45, 2.75) is 39.2 Å². The number of rotatable bonds is 3. The number of carbonyl (C=O) groups excluding carboxylic acids is 2. The molecule has 0 spiro atoms. The average Bonchev–Trinajstić information content (AvgIpc) is 2.71. The molecule has 0 aliphatic carbocycles. The van der Waals surface area contributed by atoms with Gasteiger partial charge in [-0.1, -0.05) is 0 Å². The van der Waals surface area contributed by atoms with Crippen LogP contribution in [0.5, 0.6) is 0 Å². The summed E-state index contributed by atoms with van der Waals surface area (Å²) in [5, 5.41) is 10.9. The van der Waals surface area contributed by atoms with Gasteiger partial charge >= 0.3 is 25.0 Å². The van der Waals surface area contributed by atoms with Crippen LogP contribution >= 0.6 is 0 Å². The Labute approximate surface area is 159 Å². The maximum absolute atomic E-state index is 12.2. The molecule has 0 aromatic carbocycles. The molecule has 0 N–H and O–H groups in total. The summed E-state index contributed by atoms with van der Waals surface area (Å²) in [5.74, 6) is -0.658. The number of anilines is 1. The number of ether oxygens (including phenoxy) is 1. The van der Waals surface area contributed by atoms with E-state index in [0.29, 0.717) is 37.7 Å². The largest absolute Gasteiger partial charge is 1.00 e. The summed E-state index contributed by atoms with van der Waals surface area (Å²) in [6.45, 7) is 7.77. The molecule has 0 radical (unpaired) electrons. The molecule has 1 aliphatic rings.